The molecule has 1 unspecified atom stereocenters. The van der Waals surface area contributed by atoms with E-state index in [1.165, 1.54) is 30.3 Å². The largest absolute Gasteiger partial charge is 0.481 e. The van der Waals surface area contributed by atoms with Crippen LogP contribution in [0.2, 0.25) is 0 Å². The van der Waals surface area contributed by atoms with Gasteiger partial charge in [0.15, 0.2) is 0 Å². The van der Waals surface area contributed by atoms with Crippen molar-refractivity contribution >= 4 is 28.4 Å². The van der Waals surface area contributed by atoms with E-state index in [2.05, 4.69) is 10.2 Å². The van der Waals surface area contributed by atoms with E-state index in [9.17, 15) is 9.59 Å². The quantitative estimate of drug-likeness (QED) is 0.702. The lowest BCUT2D eigenvalue weighted by Crippen LogP contribution is -2.35. The zero-order chi connectivity index (χ0) is 14.4. The summed E-state index contributed by atoms with van der Waals surface area (Å²) >= 11 is 1.18. The van der Waals surface area contributed by atoms with Crippen LogP contribution in [-0.4, -0.2) is 52.5 Å². The van der Waals surface area contributed by atoms with Crippen LogP contribution in [0.25, 0.3) is 0 Å². The summed E-state index contributed by atoms with van der Waals surface area (Å²) in [6.07, 6.45) is 0. The summed E-state index contributed by atoms with van der Waals surface area (Å²) < 4.78 is 4.90. The Kier molecular flexibility index (Phi) is 5.64. The first-order chi connectivity index (χ1) is 8.93. The number of aromatic nitrogens is 2. The molecule has 0 aliphatic heterocycles. The monoisotopic (exact) mass is 289 g/mol. The van der Waals surface area contributed by atoms with Gasteiger partial charge in [-0.2, -0.15) is 0 Å². The van der Waals surface area contributed by atoms with Crippen molar-refractivity contribution in [2.24, 2.45) is 5.92 Å². The number of carbonyl (C=O) groups is 2. The van der Waals surface area contributed by atoms with Crippen LogP contribution in [0.5, 0.6) is 0 Å². The van der Waals surface area contributed by atoms with Gasteiger partial charge < -0.3 is 19.8 Å². The average Bonchev–Trinajstić information content (AvgIpc) is 2.76. The van der Waals surface area contributed by atoms with Crippen LogP contribution in [0.15, 0.2) is 0 Å². The highest BCUT2D eigenvalue weighted by molar-refractivity contribution is 7.15. The maximum atomic E-state index is 10.8. The van der Waals surface area contributed by atoms with E-state index in [4.69, 9.17) is 14.9 Å². The maximum absolute atomic E-state index is 10.8. The molecule has 1 atom stereocenters. The normalized spacial score (nSPS) is 12.1. The summed E-state index contributed by atoms with van der Waals surface area (Å²) in [4.78, 5) is 23.0. The number of carboxylic acid groups (broad SMARTS) is 2. The Labute approximate surface area is 113 Å². The van der Waals surface area contributed by atoms with Crippen molar-refractivity contribution in [2.75, 3.05) is 25.1 Å². The van der Waals surface area contributed by atoms with E-state index >= 15 is 0 Å². The van der Waals surface area contributed by atoms with Crippen molar-refractivity contribution in [3.8, 4) is 0 Å². The van der Waals surface area contributed by atoms with Gasteiger partial charge in [0.05, 0.1) is 5.92 Å². The number of anilines is 1. The number of hydrogen-bond acceptors (Lipinski definition) is 7. The molecule has 0 spiro atoms. The molecule has 0 aromatic carbocycles. The molecule has 0 fully saturated rings. The molecule has 0 saturated carbocycles. The van der Waals surface area contributed by atoms with Gasteiger partial charge in [-0.3, -0.25) is 9.59 Å². The number of hydrogen-bond donors (Lipinski definition) is 2. The minimum atomic E-state index is -1.05. The predicted octanol–water partition coefficient (Wildman–Crippen LogP) is 0.296. The number of carboxylic acids is 2. The average molecular weight is 289 g/mol. The molecule has 8 nitrogen and oxygen atoms in total. The van der Waals surface area contributed by atoms with Gasteiger partial charge in [0.2, 0.25) is 5.13 Å². The van der Waals surface area contributed by atoms with Gasteiger partial charge in [-0.15, -0.1) is 10.2 Å². The predicted molar refractivity (Wildman–Crippen MR) is 67.3 cm³/mol. The van der Waals surface area contributed by atoms with Crippen molar-refractivity contribution < 1.29 is 24.5 Å². The Balaban J connectivity index is 2.82. The van der Waals surface area contributed by atoms with E-state index in [0.29, 0.717) is 10.1 Å². The number of nitrogens with zero attached hydrogens (tertiary/aromatic N) is 3. The van der Waals surface area contributed by atoms with Gasteiger partial charge in [0, 0.05) is 13.7 Å². The zero-order valence-electron chi connectivity index (χ0n) is 10.6. The highest BCUT2D eigenvalue weighted by atomic mass is 32.1. The summed E-state index contributed by atoms with van der Waals surface area (Å²) in [6, 6.07) is 0. The molecule has 1 aromatic heterocycles. The lowest BCUT2D eigenvalue weighted by Gasteiger charge is -2.20. The Hall–Kier alpha value is -1.74. The summed E-state index contributed by atoms with van der Waals surface area (Å²) in [5, 5.41) is 26.4. The third-order valence-electron chi connectivity index (χ3n) is 2.24. The van der Waals surface area contributed by atoms with Crippen LogP contribution < -0.4 is 4.90 Å². The minimum Gasteiger partial charge on any atom is -0.481 e. The Morgan fingerprint density at radius 3 is 2.63 bits per heavy atom. The molecule has 1 heterocycles. The number of methoxy groups -OCH3 is 1. The third-order valence-corrected chi connectivity index (χ3v) is 3.19. The zero-order valence-corrected chi connectivity index (χ0v) is 11.4. The molecule has 19 heavy (non-hydrogen) atoms. The molecule has 1 aromatic rings. The van der Waals surface area contributed by atoms with Crippen LogP contribution in [0.3, 0.4) is 0 Å². The molecule has 0 bridgehead atoms. The number of aliphatic carboxylic acids is 2. The molecule has 0 radical (unpaired) electrons. The van der Waals surface area contributed by atoms with Gasteiger partial charge in [-0.1, -0.05) is 18.3 Å². The topological polar surface area (TPSA) is 113 Å². The van der Waals surface area contributed by atoms with Gasteiger partial charge in [0.1, 0.15) is 18.2 Å². The highest BCUT2D eigenvalue weighted by Gasteiger charge is 2.21. The van der Waals surface area contributed by atoms with E-state index in [1.807, 2.05) is 0 Å². The van der Waals surface area contributed by atoms with Crippen LogP contribution in [0.4, 0.5) is 5.13 Å². The molecule has 0 aliphatic carbocycles. The summed E-state index contributed by atoms with van der Waals surface area (Å²) in [5.74, 6) is -2.74. The van der Waals surface area contributed by atoms with E-state index in [1.54, 1.807) is 0 Å². The van der Waals surface area contributed by atoms with E-state index in [-0.39, 0.29) is 19.7 Å². The van der Waals surface area contributed by atoms with E-state index in [0.717, 1.165) is 0 Å². The minimum absolute atomic E-state index is 0.0588. The first-order valence-corrected chi connectivity index (χ1v) is 6.26. The fourth-order valence-electron chi connectivity index (χ4n) is 1.34. The summed E-state index contributed by atoms with van der Waals surface area (Å²) in [5.41, 5.74) is 0. The van der Waals surface area contributed by atoms with Crippen LogP contribution in [-0.2, 0) is 20.9 Å². The molecular weight excluding hydrogens is 274 g/mol. The van der Waals surface area contributed by atoms with Crippen molar-refractivity contribution in [1.82, 2.24) is 10.2 Å². The Morgan fingerprint density at radius 2 is 2.11 bits per heavy atom. The first kappa shape index (κ1) is 15.3. The van der Waals surface area contributed by atoms with Crippen molar-refractivity contribution in [2.45, 2.75) is 13.5 Å². The molecule has 1 rings (SSSR count). The van der Waals surface area contributed by atoms with Crippen molar-refractivity contribution in [1.29, 1.82) is 0 Å². The number of ether oxygens (including phenoxy) is 1. The smallest absolute Gasteiger partial charge is 0.323 e. The SMILES string of the molecule is COCc1nnc(N(CC(=O)O)CC(C)C(=O)O)s1. The third kappa shape index (κ3) is 4.79. The maximum Gasteiger partial charge on any atom is 0.323 e. The summed E-state index contributed by atoms with van der Waals surface area (Å²) in [6.45, 7) is 1.53. The van der Waals surface area contributed by atoms with Crippen molar-refractivity contribution in [3.05, 3.63) is 5.01 Å². The molecule has 9 heteroatoms. The molecule has 2 N–H and O–H groups in total. The standard InChI is InChI=1S/C10H15N3O5S/c1-6(9(16)17)3-13(4-8(14)15)10-12-11-7(19-10)5-18-2/h6H,3-5H2,1-2H3,(H,14,15)(H,16,17). The molecule has 0 amide bonds. The molecule has 0 aliphatic rings. The second-order valence-electron chi connectivity index (χ2n) is 3.92. The fraction of sp³-hybridized carbons (Fsp3) is 0.600. The van der Waals surface area contributed by atoms with Crippen LogP contribution >= 0.6 is 11.3 Å². The first-order valence-electron chi connectivity index (χ1n) is 5.45. The second kappa shape index (κ2) is 7.00. The molecule has 0 saturated heterocycles. The van der Waals surface area contributed by atoms with Gasteiger partial charge >= 0.3 is 11.9 Å². The lowest BCUT2D eigenvalue weighted by molar-refractivity contribution is -0.141. The van der Waals surface area contributed by atoms with Gasteiger partial charge in [-0.25, -0.2) is 0 Å². The number of rotatable bonds is 8. The van der Waals surface area contributed by atoms with E-state index < -0.39 is 17.9 Å². The molecular formula is C10H15N3O5S. The molecule has 106 valence electrons. The second-order valence-corrected chi connectivity index (χ2v) is 4.97. The Bertz CT molecular complexity index is 450. The highest BCUT2D eigenvalue weighted by Crippen LogP contribution is 2.21. The van der Waals surface area contributed by atoms with Gasteiger partial charge in [0.25, 0.3) is 0 Å². The van der Waals surface area contributed by atoms with Crippen LogP contribution in [0.1, 0.15) is 11.9 Å². The van der Waals surface area contributed by atoms with Gasteiger partial charge in [-0.05, 0) is 0 Å². The van der Waals surface area contributed by atoms with Crippen LogP contribution in [0, 0.1) is 5.92 Å². The fourth-order valence-corrected chi connectivity index (χ4v) is 2.16. The van der Waals surface area contributed by atoms with Crippen molar-refractivity contribution in [3.63, 3.8) is 0 Å². The summed E-state index contributed by atoms with van der Waals surface area (Å²) in [7, 11) is 1.52. The Morgan fingerprint density at radius 1 is 1.42 bits per heavy atom. The lowest BCUT2D eigenvalue weighted by atomic mass is 10.2.